The van der Waals surface area contributed by atoms with Gasteiger partial charge in [0.05, 0.1) is 5.69 Å². The minimum atomic E-state index is 0.682. The highest BCUT2D eigenvalue weighted by Crippen LogP contribution is 2.27. The maximum atomic E-state index is 5.63. The number of thiazole rings is 1. The van der Waals surface area contributed by atoms with Crippen molar-refractivity contribution in [3.63, 3.8) is 0 Å². The average molecular weight is 237 g/mol. The average Bonchev–Trinajstić information content (AvgIpc) is 2.68. The van der Waals surface area contributed by atoms with Crippen LogP contribution in [0.5, 0.6) is 0 Å². The Morgan fingerprint density at radius 3 is 2.73 bits per heavy atom. The lowest BCUT2D eigenvalue weighted by molar-refractivity contribution is 1.41. The summed E-state index contributed by atoms with van der Waals surface area (Å²) in [7, 11) is 0.682. The first kappa shape index (κ1) is 10.4. The van der Waals surface area contributed by atoms with E-state index in [4.69, 9.17) is 5.73 Å². The van der Waals surface area contributed by atoms with Gasteiger partial charge in [-0.15, -0.1) is 11.3 Å². The standard InChI is InChI=1S/C10H12N3PS/c1-14-13-10-12-9(6-15-10)7-2-4-8(11)5-3-7/h2-6,14H,11H2,1H3,(H,12,13). The van der Waals surface area contributed by atoms with Gasteiger partial charge in [0.15, 0.2) is 5.13 Å². The van der Waals surface area contributed by atoms with E-state index >= 15 is 0 Å². The molecule has 3 nitrogen and oxygen atoms in total. The summed E-state index contributed by atoms with van der Waals surface area (Å²) in [5.41, 5.74) is 8.51. The normalized spacial score (nSPS) is 11.0. The Labute approximate surface area is 94.6 Å². The van der Waals surface area contributed by atoms with E-state index in [0.717, 1.165) is 22.1 Å². The molecule has 0 radical (unpaired) electrons. The molecule has 2 rings (SSSR count). The molecule has 3 N–H and O–H groups in total. The van der Waals surface area contributed by atoms with Gasteiger partial charge >= 0.3 is 0 Å². The van der Waals surface area contributed by atoms with Crippen molar-refractivity contribution in [3.05, 3.63) is 29.6 Å². The fourth-order valence-electron chi connectivity index (χ4n) is 1.22. The molecule has 1 unspecified atom stereocenters. The third kappa shape index (κ3) is 2.46. The van der Waals surface area contributed by atoms with Crippen LogP contribution in [0.2, 0.25) is 0 Å². The van der Waals surface area contributed by atoms with E-state index in [0.29, 0.717) is 8.73 Å². The molecule has 0 amide bonds. The highest BCUT2D eigenvalue weighted by Gasteiger charge is 2.02. The van der Waals surface area contributed by atoms with Gasteiger partial charge < -0.3 is 10.8 Å². The van der Waals surface area contributed by atoms with Crippen molar-refractivity contribution in [1.82, 2.24) is 4.98 Å². The molecule has 0 aliphatic rings. The molecule has 0 bridgehead atoms. The topological polar surface area (TPSA) is 50.9 Å². The third-order valence-electron chi connectivity index (χ3n) is 1.94. The fourth-order valence-corrected chi connectivity index (χ4v) is 2.60. The summed E-state index contributed by atoms with van der Waals surface area (Å²) >= 11 is 1.63. The Kier molecular flexibility index (Phi) is 3.19. The van der Waals surface area contributed by atoms with Crippen molar-refractivity contribution in [2.24, 2.45) is 0 Å². The molecule has 78 valence electrons. The third-order valence-corrected chi connectivity index (χ3v) is 3.37. The molecule has 0 aliphatic carbocycles. The Balaban J connectivity index is 2.25. The molecule has 0 fully saturated rings. The van der Waals surface area contributed by atoms with Gasteiger partial charge in [-0.25, -0.2) is 4.98 Å². The zero-order valence-corrected chi connectivity index (χ0v) is 10.1. The molecule has 0 spiro atoms. The van der Waals surface area contributed by atoms with E-state index in [1.807, 2.05) is 29.6 Å². The van der Waals surface area contributed by atoms with E-state index in [1.165, 1.54) is 0 Å². The quantitative estimate of drug-likeness (QED) is 0.637. The van der Waals surface area contributed by atoms with E-state index in [1.54, 1.807) is 11.3 Å². The minimum Gasteiger partial charge on any atom is -0.399 e. The molecule has 1 aromatic carbocycles. The Morgan fingerprint density at radius 1 is 1.33 bits per heavy atom. The SMILES string of the molecule is CPNc1nc(-c2ccc(N)cc2)cs1. The summed E-state index contributed by atoms with van der Waals surface area (Å²) in [5, 5.41) is 6.24. The number of benzene rings is 1. The monoisotopic (exact) mass is 237 g/mol. The molecule has 1 atom stereocenters. The van der Waals surface area contributed by atoms with Crippen molar-refractivity contribution >= 4 is 30.9 Å². The van der Waals surface area contributed by atoms with Crippen molar-refractivity contribution in [1.29, 1.82) is 0 Å². The molecule has 0 saturated heterocycles. The summed E-state index contributed by atoms with van der Waals surface area (Å²) in [6, 6.07) is 7.76. The van der Waals surface area contributed by atoms with Gasteiger partial charge in [-0.05, 0) is 27.5 Å². The number of hydrogen-bond acceptors (Lipinski definition) is 4. The molecule has 5 heteroatoms. The van der Waals surface area contributed by atoms with Crippen LogP contribution in [0.1, 0.15) is 0 Å². The predicted molar refractivity (Wildman–Crippen MR) is 69.8 cm³/mol. The van der Waals surface area contributed by atoms with E-state index in [2.05, 4.69) is 16.7 Å². The summed E-state index contributed by atoms with van der Waals surface area (Å²) < 4.78 is 0. The molecule has 1 heterocycles. The van der Waals surface area contributed by atoms with Crippen molar-refractivity contribution in [3.8, 4) is 11.3 Å². The zero-order chi connectivity index (χ0) is 10.7. The van der Waals surface area contributed by atoms with Crippen LogP contribution >= 0.6 is 20.1 Å². The number of nitrogens with zero attached hydrogens (tertiary/aromatic N) is 1. The van der Waals surface area contributed by atoms with Gasteiger partial charge in [-0.2, -0.15) is 0 Å². The molecule has 1 aromatic heterocycles. The van der Waals surface area contributed by atoms with Crippen LogP contribution < -0.4 is 10.8 Å². The van der Waals surface area contributed by atoms with E-state index < -0.39 is 0 Å². The lowest BCUT2D eigenvalue weighted by atomic mass is 10.2. The lowest BCUT2D eigenvalue weighted by Gasteiger charge is -1.97. The smallest absolute Gasteiger partial charge is 0.186 e. The first-order valence-electron chi connectivity index (χ1n) is 4.54. The van der Waals surface area contributed by atoms with Crippen molar-refractivity contribution in [2.75, 3.05) is 17.5 Å². The maximum Gasteiger partial charge on any atom is 0.186 e. The van der Waals surface area contributed by atoms with E-state index in [9.17, 15) is 0 Å². The second kappa shape index (κ2) is 4.60. The van der Waals surface area contributed by atoms with Crippen LogP contribution in [0.25, 0.3) is 11.3 Å². The first-order valence-corrected chi connectivity index (χ1v) is 6.92. The Hall–Kier alpha value is -1.12. The van der Waals surface area contributed by atoms with Crippen LogP contribution in [0.3, 0.4) is 0 Å². The van der Waals surface area contributed by atoms with Crippen LogP contribution in [0.4, 0.5) is 10.8 Å². The van der Waals surface area contributed by atoms with Gasteiger partial charge in [0, 0.05) is 16.6 Å². The van der Waals surface area contributed by atoms with E-state index in [-0.39, 0.29) is 0 Å². The molecule has 0 aliphatic heterocycles. The second-order valence-corrected chi connectivity index (χ2v) is 4.64. The summed E-state index contributed by atoms with van der Waals surface area (Å²) in [6.45, 7) is 2.09. The summed E-state index contributed by atoms with van der Waals surface area (Å²) in [5.74, 6) is 0. The highest BCUT2D eigenvalue weighted by molar-refractivity contribution is 7.40. The number of nitrogens with one attached hydrogen (secondary N) is 1. The van der Waals surface area contributed by atoms with Gasteiger partial charge in [0.1, 0.15) is 0 Å². The summed E-state index contributed by atoms with van der Waals surface area (Å²) in [6.07, 6.45) is 0. The highest BCUT2D eigenvalue weighted by atomic mass is 32.1. The largest absolute Gasteiger partial charge is 0.399 e. The fraction of sp³-hybridized carbons (Fsp3) is 0.100. The number of nitrogens with two attached hydrogens (primary N) is 1. The maximum absolute atomic E-state index is 5.63. The van der Waals surface area contributed by atoms with Gasteiger partial charge in [-0.3, -0.25) is 0 Å². The number of rotatable bonds is 3. The predicted octanol–water partition coefficient (Wildman–Crippen LogP) is 3.03. The molecular formula is C10H12N3PS. The van der Waals surface area contributed by atoms with Gasteiger partial charge in [-0.1, -0.05) is 12.1 Å². The molecule has 15 heavy (non-hydrogen) atoms. The number of aromatic nitrogens is 1. The van der Waals surface area contributed by atoms with Gasteiger partial charge in [0.25, 0.3) is 0 Å². The van der Waals surface area contributed by atoms with Crippen LogP contribution in [0.15, 0.2) is 29.6 Å². The second-order valence-electron chi connectivity index (χ2n) is 3.03. The minimum absolute atomic E-state index is 0.682. The lowest BCUT2D eigenvalue weighted by Crippen LogP contribution is -1.85. The van der Waals surface area contributed by atoms with Gasteiger partial charge in [0.2, 0.25) is 0 Å². The molecule has 2 aromatic rings. The number of nitrogen functional groups attached to an aromatic ring is 1. The van der Waals surface area contributed by atoms with Crippen molar-refractivity contribution in [2.45, 2.75) is 0 Å². The van der Waals surface area contributed by atoms with Crippen molar-refractivity contribution < 1.29 is 0 Å². The Morgan fingerprint density at radius 2 is 2.07 bits per heavy atom. The van der Waals surface area contributed by atoms with Crippen LogP contribution in [-0.2, 0) is 0 Å². The van der Waals surface area contributed by atoms with Crippen LogP contribution in [-0.4, -0.2) is 11.6 Å². The molecular weight excluding hydrogens is 225 g/mol. The van der Waals surface area contributed by atoms with Crippen LogP contribution in [0, 0.1) is 0 Å². The zero-order valence-electron chi connectivity index (χ0n) is 8.32. The molecule has 0 saturated carbocycles. The summed E-state index contributed by atoms with van der Waals surface area (Å²) in [4.78, 5) is 4.47. The first-order chi connectivity index (χ1) is 7.29. The number of anilines is 2. The number of hydrogen-bond donors (Lipinski definition) is 2. The Bertz CT molecular complexity index is 438.